The fraction of sp³-hybridized carbons (Fsp3) is 0.100. The van der Waals surface area contributed by atoms with E-state index in [0.717, 1.165) is 0 Å². The molecule has 0 unspecified atom stereocenters. The molecule has 0 aliphatic rings. The first-order valence-corrected chi connectivity index (χ1v) is 4.63. The smallest absolute Gasteiger partial charge is 0.259 e. The molecular formula is C10H6ClN3O. The lowest BCUT2D eigenvalue weighted by atomic mass is 10.2. The predicted octanol–water partition coefficient (Wildman–Crippen LogP) is 2.46. The highest BCUT2D eigenvalue weighted by Gasteiger charge is 2.10. The molecule has 0 spiro atoms. The molecule has 1 aromatic heterocycles. The highest BCUT2D eigenvalue weighted by atomic mass is 35.5. The zero-order chi connectivity index (χ0) is 10.7. The Kier molecular flexibility index (Phi) is 2.66. The molecule has 0 radical (unpaired) electrons. The van der Waals surface area contributed by atoms with E-state index in [-0.39, 0.29) is 6.42 Å². The second kappa shape index (κ2) is 4.11. The van der Waals surface area contributed by atoms with Crippen LogP contribution in [-0.2, 0) is 6.42 Å². The maximum atomic E-state index is 8.46. The van der Waals surface area contributed by atoms with Gasteiger partial charge in [0.05, 0.1) is 23.1 Å². The Morgan fingerprint density at radius 2 is 2.20 bits per heavy atom. The Balaban J connectivity index is 2.38. The molecule has 0 aliphatic carbocycles. The number of nitriles is 1. The van der Waals surface area contributed by atoms with E-state index >= 15 is 0 Å². The lowest BCUT2D eigenvalue weighted by molar-refractivity contribution is 0.424. The van der Waals surface area contributed by atoms with Crippen molar-refractivity contribution in [3.8, 4) is 17.5 Å². The number of hydrogen-bond donors (Lipinski definition) is 0. The van der Waals surface area contributed by atoms with Crippen molar-refractivity contribution in [2.24, 2.45) is 0 Å². The summed E-state index contributed by atoms with van der Waals surface area (Å²) in [5.74, 6) is 0.707. The van der Waals surface area contributed by atoms with Crippen molar-refractivity contribution in [1.82, 2.24) is 10.1 Å². The van der Waals surface area contributed by atoms with Crippen LogP contribution in [-0.4, -0.2) is 10.1 Å². The Hall–Kier alpha value is -1.86. The summed E-state index contributed by atoms with van der Waals surface area (Å²) in [6, 6.07) is 9.12. The summed E-state index contributed by atoms with van der Waals surface area (Å²) in [6.45, 7) is 0. The fourth-order valence-electron chi connectivity index (χ4n) is 1.14. The number of hydrogen-bond acceptors (Lipinski definition) is 4. The molecule has 0 fully saturated rings. The van der Waals surface area contributed by atoms with Gasteiger partial charge in [-0.15, -0.1) is 0 Å². The van der Waals surface area contributed by atoms with Crippen molar-refractivity contribution in [3.63, 3.8) is 0 Å². The largest absolute Gasteiger partial charge is 0.334 e. The van der Waals surface area contributed by atoms with Crippen LogP contribution in [0.25, 0.3) is 11.5 Å². The quantitative estimate of drug-likeness (QED) is 0.778. The van der Waals surface area contributed by atoms with E-state index in [0.29, 0.717) is 22.3 Å². The van der Waals surface area contributed by atoms with Gasteiger partial charge in [-0.1, -0.05) is 28.9 Å². The number of benzene rings is 1. The predicted molar refractivity (Wildman–Crippen MR) is 54.1 cm³/mol. The van der Waals surface area contributed by atoms with E-state index in [2.05, 4.69) is 10.1 Å². The van der Waals surface area contributed by atoms with Crippen molar-refractivity contribution in [3.05, 3.63) is 35.1 Å². The molecule has 1 heterocycles. The van der Waals surface area contributed by atoms with Crippen molar-refractivity contribution in [2.45, 2.75) is 6.42 Å². The van der Waals surface area contributed by atoms with E-state index < -0.39 is 0 Å². The second-order valence-electron chi connectivity index (χ2n) is 2.83. The zero-order valence-electron chi connectivity index (χ0n) is 7.64. The van der Waals surface area contributed by atoms with Crippen molar-refractivity contribution in [1.29, 1.82) is 5.26 Å². The van der Waals surface area contributed by atoms with Gasteiger partial charge in [0.1, 0.15) is 0 Å². The van der Waals surface area contributed by atoms with E-state index in [1.54, 1.807) is 12.1 Å². The molecule has 0 bridgehead atoms. The topological polar surface area (TPSA) is 62.7 Å². The van der Waals surface area contributed by atoms with Crippen LogP contribution in [0.4, 0.5) is 0 Å². The summed E-state index contributed by atoms with van der Waals surface area (Å²) in [5.41, 5.74) is 0.677. The molecule has 74 valence electrons. The molecule has 0 N–H and O–H groups in total. The molecule has 0 aliphatic heterocycles. The minimum Gasteiger partial charge on any atom is -0.334 e. The van der Waals surface area contributed by atoms with Crippen LogP contribution in [0.2, 0.25) is 5.02 Å². The molecule has 5 heteroatoms. The average molecular weight is 220 g/mol. The molecule has 0 saturated heterocycles. The maximum absolute atomic E-state index is 8.46. The molecule has 2 aromatic rings. The van der Waals surface area contributed by atoms with Crippen LogP contribution >= 0.6 is 11.6 Å². The van der Waals surface area contributed by atoms with Gasteiger partial charge in [-0.25, -0.2) is 0 Å². The van der Waals surface area contributed by atoms with E-state index in [4.69, 9.17) is 21.4 Å². The summed E-state index contributed by atoms with van der Waals surface area (Å²) in [6.07, 6.45) is 0.133. The standard InChI is InChI=1S/C10H6ClN3O/c11-8-4-2-1-3-7(8)10-13-9(5-6-12)14-15-10/h1-4H,5H2. The Labute approximate surface area is 91.1 Å². The zero-order valence-corrected chi connectivity index (χ0v) is 8.40. The van der Waals surface area contributed by atoms with Crippen molar-refractivity contribution in [2.75, 3.05) is 0 Å². The number of nitrogens with zero attached hydrogens (tertiary/aromatic N) is 3. The highest BCUT2D eigenvalue weighted by Crippen LogP contribution is 2.25. The monoisotopic (exact) mass is 219 g/mol. The lowest BCUT2D eigenvalue weighted by Crippen LogP contribution is -1.84. The molecule has 15 heavy (non-hydrogen) atoms. The van der Waals surface area contributed by atoms with Gasteiger partial charge in [0.25, 0.3) is 5.89 Å². The first-order valence-electron chi connectivity index (χ1n) is 4.25. The SMILES string of the molecule is N#CCc1noc(-c2ccccc2Cl)n1. The third-order valence-electron chi connectivity index (χ3n) is 1.81. The van der Waals surface area contributed by atoms with Crippen LogP contribution in [0.15, 0.2) is 28.8 Å². The minimum atomic E-state index is 0.133. The van der Waals surface area contributed by atoms with Gasteiger partial charge >= 0.3 is 0 Å². The van der Waals surface area contributed by atoms with Crippen LogP contribution in [0, 0.1) is 11.3 Å². The molecule has 0 atom stereocenters. The van der Waals surface area contributed by atoms with Gasteiger partial charge in [0.2, 0.25) is 0 Å². The third kappa shape index (κ3) is 1.97. The molecule has 1 aromatic carbocycles. The molecule has 0 saturated carbocycles. The summed E-state index contributed by atoms with van der Waals surface area (Å²) in [5, 5.41) is 12.7. The third-order valence-corrected chi connectivity index (χ3v) is 2.14. The number of aromatic nitrogens is 2. The lowest BCUT2D eigenvalue weighted by Gasteiger charge is -1.95. The number of halogens is 1. The first-order chi connectivity index (χ1) is 7.31. The summed E-state index contributed by atoms with van der Waals surface area (Å²) >= 11 is 5.95. The molecule has 4 nitrogen and oxygen atoms in total. The summed E-state index contributed by atoms with van der Waals surface area (Å²) < 4.78 is 4.99. The van der Waals surface area contributed by atoms with Crippen LogP contribution in [0.1, 0.15) is 5.82 Å². The molecule has 0 amide bonds. The first kappa shape index (κ1) is 9.69. The fourth-order valence-corrected chi connectivity index (χ4v) is 1.36. The summed E-state index contributed by atoms with van der Waals surface area (Å²) in [7, 11) is 0. The van der Waals surface area contributed by atoms with Crippen molar-refractivity contribution < 1.29 is 4.52 Å². The average Bonchev–Trinajstić information content (AvgIpc) is 2.68. The van der Waals surface area contributed by atoms with Gasteiger partial charge < -0.3 is 4.52 Å². The minimum absolute atomic E-state index is 0.133. The Morgan fingerprint density at radius 1 is 1.40 bits per heavy atom. The van der Waals surface area contributed by atoms with E-state index in [1.807, 2.05) is 18.2 Å². The van der Waals surface area contributed by atoms with Crippen LogP contribution < -0.4 is 0 Å². The Bertz CT molecular complexity index is 515. The van der Waals surface area contributed by atoms with Crippen molar-refractivity contribution >= 4 is 11.6 Å². The second-order valence-corrected chi connectivity index (χ2v) is 3.24. The summed E-state index contributed by atoms with van der Waals surface area (Å²) in [4.78, 5) is 4.05. The molecular weight excluding hydrogens is 214 g/mol. The number of rotatable bonds is 2. The van der Waals surface area contributed by atoms with Gasteiger partial charge in [0, 0.05) is 0 Å². The van der Waals surface area contributed by atoms with Crippen LogP contribution in [0.5, 0.6) is 0 Å². The molecule has 2 rings (SSSR count). The van der Waals surface area contributed by atoms with E-state index in [9.17, 15) is 0 Å². The Morgan fingerprint density at radius 3 is 2.93 bits per heavy atom. The van der Waals surface area contributed by atoms with Gasteiger partial charge in [-0.2, -0.15) is 10.2 Å². The van der Waals surface area contributed by atoms with Gasteiger partial charge in [-0.3, -0.25) is 0 Å². The maximum Gasteiger partial charge on any atom is 0.259 e. The van der Waals surface area contributed by atoms with Crippen LogP contribution in [0.3, 0.4) is 0 Å². The van der Waals surface area contributed by atoms with Gasteiger partial charge in [-0.05, 0) is 12.1 Å². The normalized spacial score (nSPS) is 9.87. The van der Waals surface area contributed by atoms with E-state index in [1.165, 1.54) is 0 Å². The highest BCUT2D eigenvalue weighted by molar-refractivity contribution is 6.33. The van der Waals surface area contributed by atoms with Gasteiger partial charge in [0.15, 0.2) is 5.82 Å².